The van der Waals surface area contributed by atoms with Gasteiger partial charge in [0, 0.05) is 18.3 Å². The summed E-state index contributed by atoms with van der Waals surface area (Å²) >= 11 is 0. The number of carbonyl (C=O) groups is 3. The SMILES string of the molecule is CCOc1ccccc1C(=O)OCC(=O)Nc1cccc(NC(C)=O)c1. The Hall–Kier alpha value is -3.35. The molecule has 0 saturated carbocycles. The Morgan fingerprint density at radius 2 is 1.65 bits per heavy atom. The molecular weight excluding hydrogens is 336 g/mol. The molecule has 0 bridgehead atoms. The van der Waals surface area contributed by atoms with Gasteiger partial charge in [0.05, 0.1) is 6.61 Å². The molecule has 2 aromatic rings. The lowest BCUT2D eigenvalue weighted by molar-refractivity contribution is -0.119. The van der Waals surface area contributed by atoms with E-state index in [2.05, 4.69) is 10.6 Å². The molecule has 0 atom stereocenters. The Labute approximate surface area is 151 Å². The van der Waals surface area contributed by atoms with Crippen molar-refractivity contribution in [1.82, 2.24) is 0 Å². The van der Waals surface area contributed by atoms with Crippen LogP contribution in [0.1, 0.15) is 24.2 Å². The smallest absolute Gasteiger partial charge is 0.342 e. The van der Waals surface area contributed by atoms with Gasteiger partial charge in [-0.1, -0.05) is 18.2 Å². The zero-order valence-corrected chi connectivity index (χ0v) is 14.6. The molecule has 0 unspecified atom stereocenters. The van der Waals surface area contributed by atoms with Crippen LogP contribution in [-0.2, 0) is 14.3 Å². The van der Waals surface area contributed by atoms with Crippen molar-refractivity contribution in [2.75, 3.05) is 23.8 Å². The fraction of sp³-hybridized carbons (Fsp3) is 0.211. The molecule has 0 radical (unpaired) electrons. The van der Waals surface area contributed by atoms with Gasteiger partial charge in [0.1, 0.15) is 11.3 Å². The Kier molecular flexibility index (Phi) is 6.73. The molecular formula is C19H20N2O5. The predicted molar refractivity (Wildman–Crippen MR) is 97.3 cm³/mol. The molecule has 26 heavy (non-hydrogen) atoms. The van der Waals surface area contributed by atoms with E-state index in [4.69, 9.17) is 9.47 Å². The van der Waals surface area contributed by atoms with E-state index >= 15 is 0 Å². The van der Waals surface area contributed by atoms with Crippen LogP contribution in [0, 0.1) is 0 Å². The molecule has 2 aromatic carbocycles. The number of hydrogen-bond donors (Lipinski definition) is 2. The first-order chi connectivity index (χ1) is 12.5. The van der Waals surface area contributed by atoms with Gasteiger partial charge >= 0.3 is 5.97 Å². The number of ether oxygens (including phenoxy) is 2. The highest BCUT2D eigenvalue weighted by molar-refractivity contribution is 5.97. The number of nitrogens with one attached hydrogen (secondary N) is 2. The van der Waals surface area contributed by atoms with Crippen molar-refractivity contribution < 1.29 is 23.9 Å². The second-order valence-corrected chi connectivity index (χ2v) is 5.32. The summed E-state index contributed by atoms with van der Waals surface area (Å²) in [6.07, 6.45) is 0. The van der Waals surface area contributed by atoms with E-state index in [9.17, 15) is 14.4 Å². The number of rotatable bonds is 7. The normalized spacial score (nSPS) is 9.92. The quantitative estimate of drug-likeness (QED) is 0.744. The van der Waals surface area contributed by atoms with Crippen LogP contribution in [0.15, 0.2) is 48.5 Å². The van der Waals surface area contributed by atoms with E-state index < -0.39 is 18.5 Å². The third kappa shape index (κ3) is 5.62. The van der Waals surface area contributed by atoms with Gasteiger partial charge in [0.2, 0.25) is 5.91 Å². The van der Waals surface area contributed by atoms with Gasteiger partial charge in [-0.2, -0.15) is 0 Å². The highest BCUT2D eigenvalue weighted by atomic mass is 16.5. The summed E-state index contributed by atoms with van der Waals surface area (Å²) in [5.74, 6) is -0.942. The average molecular weight is 356 g/mol. The maximum Gasteiger partial charge on any atom is 0.342 e. The minimum atomic E-state index is -0.642. The van der Waals surface area contributed by atoms with Gasteiger partial charge < -0.3 is 20.1 Å². The van der Waals surface area contributed by atoms with Crippen LogP contribution in [0.4, 0.5) is 11.4 Å². The van der Waals surface area contributed by atoms with Crippen molar-refractivity contribution in [1.29, 1.82) is 0 Å². The van der Waals surface area contributed by atoms with Crippen molar-refractivity contribution in [2.24, 2.45) is 0 Å². The molecule has 0 aliphatic carbocycles. The fourth-order valence-corrected chi connectivity index (χ4v) is 2.20. The standard InChI is InChI=1S/C19H20N2O5/c1-3-25-17-10-5-4-9-16(17)19(24)26-12-18(23)21-15-8-6-7-14(11-15)20-13(2)22/h4-11H,3,12H2,1-2H3,(H,20,22)(H,21,23). The molecule has 2 amide bonds. The molecule has 7 nitrogen and oxygen atoms in total. The lowest BCUT2D eigenvalue weighted by atomic mass is 10.2. The van der Waals surface area contributed by atoms with Gasteiger partial charge in [0.25, 0.3) is 5.91 Å². The minimum absolute atomic E-state index is 0.213. The van der Waals surface area contributed by atoms with Crippen molar-refractivity contribution in [2.45, 2.75) is 13.8 Å². The molecule has 0 aromatic heterocycles. The number of anilines is 2. The van der Waals surface area contributed by atoms with Crippen LogP contribution in [-0.4, -0.2) is 31.0 Å². The van der Waals surface area contributed by atoms with Crippen LogP contribution >= 0.6 is 0 Å². The Bertz CT molecular complexity index is 804. The Balaban J connectivity index is 1.93. The summed E-state index contributed by atoms with van der Waals surface area (Å²) in [5, 5.41) is 5.22. The second-order valence-electron chi connectivity index (χ2n) is 5.32. The van der Waals surface area contributed by atoms with E-state index in [0.717, 1.165) is 0 Å². The third-order valence-electron chi connectivity index (χ3n) is 3.21. The largest absolute Gasteiger partial charge is 0.493 e. The fourth-order valence-electron chi connectivity index (χ4n) is 2.20. The maximum absolute atomic E-state index is 12.1. The van der Waals surface area contributed by atoms with Gasteiger partial charge in [-0.05, 0) is 37.3 Å². The van der Waals surface area contributed by atoms with Gasteiger partial charge in [-0.3, -0.25) is 9.59 Å². The van der Waals surface area contributed by atoms with Crippen molar-refractivity contribution in [3.8, 4) is 5.75 Å². The Morgan fingerprint density at radius 1 is 0.962 bits per heavy atom. The summed E-state index contributed by atoms with van der Waals surface area (Å²) < 4.78 is 10.4. The summed E-state index contributed by atoms with van der Waals surface area (Å²) in [4.78, 5) is 35.2. The number of esters is 1. The number of benzene rings is 2. The molecule has 0 heterocycles. The summed E-state index contributed by atoms with van der Waals surface area (Å²) in [5.41, 5.74) is 1.29. The molecule has 2 N–H and O–H groups in total. The molecule has 0 spiro atoms. The van der Waals surface area contributed by atoms with Crippen LogP contribution in [0.3, 0.4) is 0 Å². The monoisotopic (exact) mass is 356 g/mol. The van der Waals surface area contributed by atoms with Gasteiger partial charge in [-0.25, -0.2) is 4.79 Å². The molecule has 0 saturated heterocycles. The van der Waals surface area contributed by atoms with Crippen LogP contribution in [0.5, 0.6) is 5.75 Å². The van der Waals surface area contributed by atoms with E-state index in [1.165, 1.54) is 6.92 Å². The van der Waals surface area contributed by atoms with Crippen LogP contribution < -0.4 is 15.4 Å². The summed E-state index contributed by atoms with van der Waals surface area (Å²) in [6, 6.07) is 13.3. The average Bonchev–Trinajstić information content (AvgIpc) is 2.60. The number of carbonyl (C=O) groups excluding carboxylic acids is 3. The Morgan fingerprint density at radius 3 is 2.35 bits per heavy atom. The summed E-state index contributed by atoms with van der Waals surface area (Å²) in [6.45, 7) is 3.18. The lowest BCUT2D eigenvalue weighted by Gasteiger charge is -2.10. The van der Waals surface area contributed by atoms with Crippen LogP contribution in [0.25, 0.3) is 0 Å². The number of amides is 2. The highest BCUT2D eigenvalue weighted by Gasteiger charge is 2.15. The number of para-hydroxylation sites is 1. The van der Waals surface area contributed by atoms with E-state index in [0.29, 0.717) is 23.7 Å². The van der Waals surface area contributed by atoms with Crippen molar-refractivity contribution in [3.63, 3.8) is 0 Å². The second kappa shape index (κ2) is 9.22. The molecule has 0 fully saturated rings. The topological polar surface area (TPSA) is 93.7 Å². The van der Waals surface area contributed by atoms with Crippen LogP contribution in [0.2, 0.25) is 0 Å². The minimum Gasteiger partial charge on any atom is -0.493 e. The zero-order chi connectivity index (χ0) is 18.9. The maximum atomic E-state index is 12.1. The first kappa shape index (κ1) is 19.0. The number of hydrogen-bond acceptors (Lipinski definition) is 5. The van der Waals surface area contributed by atoms with Gasteiger partial charge in [-0.15, -0.1) is 0 Å². The first-order valence-corrected chi connectivity index (χ1v) is 8.06. The predicted octanol–water partition coefficient (Wildman–Crippen LogP) is 2.84. The van der Waals surface area contributed by atoms with E-state index in [-0.39, 0.29) is 11.5 Å². The van der Waals surface area contributed by atoms with Crippen molar-refractivity contribution in [3.05, 3.63) is 54.1 Å². The van der Waals surface area contributed by atoms with Crippen molar-refractivity contribution >= 4 is 29.2 Å². The lowest BCUT2D eigenvalue weighted by Crippen LogP contribution is -2.21. The highest BCUT2D eigenvalue weighted by Crippen LogP contribution is 2.19. The van der Waals surface area contributed by atoms with Gasteiger partial charge in [0.15, 0.2) is 6.61 Å². The molecule has 0 aliphatic heterocycles. The molecule has 136 valence electrons. The molecule has 2 rings (SSSR count). The van der Waals surface area contributed by atoms with E-state index in [1.54, 1.807) is 48.5 Å². The molecule has 0 aliphatic rings. The third-order valence-corrected chi connectivity index (χ3v) is 3.21. The summed E-state index contributed by atoms with van der Waals surface area (Å²) in [7, 11) is 0. The first-order valence-electron chi connectivity index (χ1n) is 8.06. The van der Waals surface area contributed by atoms with E-state index in [1.807, 2.05) is 6.92 Å². The molecule has 7 heteroatoms. The zero-order valence-electron chi connectivity index (χ0n) is 14.6.